The molecule has 0 aliphatic carbocycles. The van der Waals surface area contributed by atoms with Crippen LogP contribution in [0.4, 0.5) is 13.2 Å². The van der Waals surface area contributed by atoms with Crippen LogP contribution in [0, 0.1) is 0 Å². The van der Waals surface area contributed by atoms with Crippen LogP contribution in [-0.4, -0.2) is 18.8 Å². The molecule has 0 aromatic heterocycles. The van der Waals surface area contributed by atoms with Crippen molar-refractivity contribution in [2.24, 2.45) is 0 Å². The molecule has 17 heavy (non-hydrogen) atoms. The lowest BCUT2D eigenvalue weighted by Crippen LogP contribution is -2.20. The van der Waals surface area contributed by atoms with Crippen molar-refractivity contribution in [3.63, 3.8) is 0 Å². The number of ether oxygens (including phenoxy) is 1. The minimum atomic E-state index is -4.49. The topological polar surface area (TPSA) is 26.3 Å². The number of esters is 1. The van der Waals surface area contributed by atoms with E-state index in [0.717, 1.165) is 13.2 Å². The molecule has 0 amide bonds. The van der Waals surface area contributed by atoms with Gasteiger partial charge in [-0.05, 0) is 11.6 Å². The number of carbonyl (C=O) groups excluding carboxylic acids is 1. The second kappa shape index (κ2) is 5.44. The van der Waals surface area contributed by atoms with Gasteiger partial charge in [0.2, 0.25) is 0 Å². The zero-order chi connectivity index (χ0) is 13.1. The average Bonchev–Trinajstić information content (AvgIpc) is 2.29. The van der Waals surface area contributed by atoms with Crippen LogP contribution in [-0.2, 0) is 15.7 Å². The van der Waals surface area contributed by atoms with Crippen molar-refractivity contribution >= 4 is 18.6 Å². The molecule has 0 aliphatic rings. The summed E-state index contributed by atoms with van der Waals surface area (Å²) in [5.74, 6) is -1.78. The number of carbonyl (C=O) groups is 1. The van der Waals surface area contributed by atoms with Gasteiger partial charge in [-0.3, -0.25) is 4.79 Å². The molecule has 0 heterocycles. The molecule has 0 aliphatic heterocycles. The third-order valence-corrected chi connectivity index (χ3v) is 2.68. The molecular weight excluding hydrogens is 253 g/mol. The Hall–Kier alpha value is -1.17. The molecule has 1 aromatic rings. The molecule has 2 nitrogen and oxygen atoms in total. The van der Waals surface area contributed by atoms with E-state index in [9.17, 15) is 18.0 Å². The fourth-order valence-corrected chi connectivity index (χ4v) is 1.85. The Labute approximate surface area is 102 Å². The highest BCUT2D eigenvalue weighted by atomic mass is 32.1. The van der Waals surface area contributed by atoms with Crippen molar-refractivity contribution in [2.75, 3.05) is 12.9 Å². The highest BCUT2D eigenvalue weighted by Crippen LogP contribution is 2.35. The van der Waals surface area contributed by atoms with E-state index in [0.29, 0.717) is 0 Å². The van der Waals surface area contributed by atoms with E-state index in [1.54, 1.807) is 0 Å². The summed E-state index contributed by atoms with van der Waals surface area (Å²) in [6.45, 7) is 0. The first kappa shape index (κ1) is 13.9. The summed E-state index contributed by atoms with van der Waals surface area (Å²) in [4.78, 5) is 11.4. The van der Waals surface area contributed by atoms with Gasteiger partial charge in [0.05, 0.1) is 18.6 Å². The third-order valence-electron chi connectivity index (χ3n) is 2.31. The van der Waals surface area contributed by atoms with E-state index in [1.807, 2.05) is 0 Å². The zero-order valence-corrected chi connectivity index (χ0v) is 9.89. The Balaban J connectivity index is 3.25. The lowest BCUT2D eigenvalue weighted by atomic mass is 9.95. The van der Waals surface area contributed by atoms with Crippen LogP contribution in [0.25, 0.3) is 0 Å². The molecular formula is C11H11F3O2S. The maximum atomic E-state index is 12.7. The highest BCUT2D eigenvalue weighted by molar-refractivity contribution is 7.80. The normalized spacial score (nSPS) is 13.2. The van der Waals surface area contributed by atoms with E-state index in [4.69, 9.17) is 0 Å². The molecule has 0 N–H and O–H groups in total. The van der Waals surface area contributed by atoms with Gasteiger partial charge in [-0.15, -0.1) is 0 Å². The van der Waals surface area contributed by atoms with Gasteiger partial charge < -0.3 is 4.74 Å². The standard InChI is InChI=1S/C11H11F3O2S/c1-16-10(15)8(6-17)7-4-2-3-5-9(7)11(12,13)14/h2-5,8,17H,6H2,1H3. The minimum Gasteiger partial charge on any atom is -0.469 e. The van der Waals surface area contributed by atoms with Crippen LogP contribution in [0.15, 0.2) is 24.3 Å². The van der Waals surface area contributed by atoms with Gasteiger partial charge in [0.15, 0.2) is 0 Å². The van der Waals surface area contributed by atoms with Crippen LogP contribution in [0.5, 0.6) is 0 Å². The first-order valence-electron chi connectivity index (χ1n) is 4.76. The predicted molar refractivity (Wildman–Crippen MR) is 60.1 cm³/mol. The molecule has 1 aromatic carbocycles. The second-order valence-corrected chi connectivity index (χ2v) is 3.71. The van der Waals surface area contributed by atoms with E-state index in [2.05, 4.69) is 17.4 Å². The van der Waals surface area contributed by atoms with Crippen LogP contribution < -0.4 is 0 Å². The number of methoxy groups -OCH3 is 1. The van der Waals surface area contributed by atoms with Crippen molar-refractivity contribution in [3.8, 4) is 0 Å². The lowest BCUT2D eigenvalue weighted by Gasteiger charge is -2.18. The Morgan fingerprint density at radius 2 is 2.00 bits per heavy atom. The highest BCUT2D eigenvalue weighted by Gasteiger charge is 2.36. The summed E-state index contributed by atoms with van der Waals surface area (Å²) < 4.78 is 42.7. The molecule has 1 unspecified atom stereocenters. The summed E-state index contributed by atoms with van der Waals surface area (Å²) in [5, 5.41) is 0. The SMILES string of the molecule is COC(=O)C(CS)c1ccccc1C(F)(F)F. The zero-order valence-electron chi connectivity index (χ0n) is 8.99. The monoisotopic (exact) mass is 264 g/mol. The molecule has 0 bridgehead atoms. The van der Waals surface area contributed by atoms with Gasteiger partial charge in [0.1, 0.15) is 0 Å². The van der Waals surface area contributed by atoms with Gasteiger partial charge >= 0.3 is 12.1 Å². The van der Waals surface area contributed by atoms with Crippen LogP contribution in [0.1, 0.15) is 17.0 Å². The maximum Gasteiger partial charge on any atom is 0.416 e. The van der Waals surface area contributed by atoms with Gasteiger partial charge in [-0.2, -0.15) is 25.8 Å². The Bertz CT molecular complexity index is 404. The van der Waals surface area contributed by atoms with Crippen molar-refractivity contribution in [2.45, 2.75) is 12.1 Å². The summed E-state index contributed by atoms with van der Waals surface area (Å²) in [6.07, 6.45) is -4.49. The number of rotatable bonds is 3. The summed E-state index contributed by atoms with van der Waals surface area (Å²) in [7, 11) is 1.13. The number of hydrogen-bond donors (Lipinski definition) is 1. The largest absolute Gasteiger partial charge is 0.469 e. The predicted octanol–water partition coefficient (Wildman–Crippen LogP) is 2.89. The van der Waals surface area contributed by atoms with Crippen LogP contribution in [0.2, 0.25) is 0 Å². The number of thiol groups is 1. The molecule has 0 spiro atoms. The van der Waals surface area contributed by atoms with E-state index in [1.165, 1.54) is 18.2 Å². The summed E-state index contributed by atoms with van der Waals surface area (Å²) in [6, 6.07) is 4.93. The third kappa shape index (κ3) is 3.15. The fourth-order valence-electron chi connectivity index (χ4n) is 1.50. The minimum absolute atomic E-state index is 0.0419. The van der Waals surface area contributed by atoms with E-state index in [-0.39, 0.29) is 11.3 Å². The van der Waals surface area contributed by atoms with Crippen molar-refractivity contribution in [3.05, 3.63) is 35.4 Å². The van der Waals surface area contributed by atoms with Gasteiger partial charge in [0.25, 0.3) is 0 Å². The van der Waals surface area contributed by atoms with Crippen molar-refractivity contribution in [1.82, 2.24) is 0 Å². The Morgan fingerprint density at radius 3 is 2.47 bits per heavy atom. The van der Waals surface area contributed by atoms with Crippen LogP contribution in [0.3, 0.4) is 0 Å². The fraction of sp³-hybridized carbons (Fsp3) is 0.364. The Morgan fingerprint density at radius 1 is 1.41 bits per heavy atom. The smallest absolute Gasteiger partial charge is 0.416 e. The number of alkyl halides is 3. The quantitative estimate of drug-likeness (QED) is 0.671. The van der Waals surface area contributed by atoms with E-state index >= 15 is 0 Å². The lowest BCUT2D eigenvalue weighted by molar-refractivity contribution is -0.143. The number of halogens is 3. The molecule has 1 rings (SSSR count). The molecule has 0 fully saturated rings. The van der Waals surface area contributed by atoms with Gasteiger partial charge in [-0.25, -0.2) is 0 Å². The van der Waals surface area contributed by atoms with Crippen molar-refractivity contribution < 1.29 is 22.7 Å². The maximum absolute atomic E-state index is 12.7. The molecule has 1 atom stereocenters. The summed E-state index contributed by atoms with van der Waals surface area (Å²) in [5.41, 5.74) is -0.939. The van der Waals surface area contributed by atoms with Crippen molar-refractivity contribution in [1.29, 1.82) is 0 Å². The molecule has 0 radical (unpaired) electrons. The van der Waals surface area contributed by atoms with E-state index < -0.39 is 23.6 Å². The van der Waals surface area contributed by atoms with Gasteiger partial charge in [-0.1, -0.05) is 18.2 Å². The first-order valence-corrected chi connectivity index (χ1v) is 5.40. The molecule has 0 saturated carbocycles. The summed E-state index contributed by atoms with van der Waals surface area (Å²) >= 11 is 3.90. The number of benzene rings is 1. The molecule has 94 valence electrons. The average molecular weight is 264 g/mol. The molecule has 0 saturated heterocycles. The number of hydrogen-bond acceptors (Lipinski definition) is 3. The van der Waals surface area contributed by atoms with Crippen LogP contribution >= 0.6 is 12.6 Å². The first-order chi connectivity index (χ1) is 7.91. The Kier molecular flexibility index (Phi) is 4.45. The van der Waals surface area contributed by atoms with Gasteiger partial charge in [0, 0.05) is 5.75 Å². The second-order valence-electron chi connectivity index (χ2n) is 3.34. The molecule has 6 heteroatoms.